The molecule has 2 heterocycles. The van der Waals surface area contributed by atoms with E-state index in [1.807, 2.05) is 13.0 Å². The fourth-order valence-electron chi connectivity index (χ4n) is 1.19. The zero-order chi connectivity index (χ0) is 9.80. The summed E-state index contributed by atoms with van der Waals surface area (Å²) in [7, 11) is 0. The average Bonchev–Trinajstić information content (AvgIpc) is 2.68. The summed E-state index contributed by atoms with van der Waals surface area (Å²) in [5.41, 5.74) is 2.07. The summed E-state index contributed by atoms with van der Waals surface area (Å²) < 4.78 is 0. The van der Waals surface area contributed by atoms with Crippen LogP contribution in [0, 0.1) is 0 Å². The topological polar surface area (TPSA) is 25.8 Å². The number of aromatic nitrogens is 2. The molecule has 0 unspecified atom stereocenters. The van der Waals surface area contributed by atoms with Crippen LogP contribution in [0.15, 0.2) is 36.1 Å². The zero-order valence-corrected chi connectivity index (χ0v) is 8.66. The van der Waals surface area contributed by atoms with E-state index in [0.29, 0.717) is 0 Å². The molecule has 0 saturated heterocycles. The molecule has 0 fully saturated rings. The first-order chi connectivity index (χ1) is 6.90. The van der Waals surface area contributed by atoms with Crippen molar-refractivity contribution in [1.82, 2.24) is 9.97 Å². The third-order valence-corrected chi connectivity index (χ3v) is 2.71. The highest BCUT2D eigenvalue weighted by molar-refractivity contribution is 7.11. The Bertz CT molecular complexity index is 432. The van der Waals surface area contributed by atoms with Crippen LogP contribution in [0.3, 0.4) is 0 Å². The van der Waals surface area contributed by atoms with Crippen LogP contribution < -0.4 is 0 Å². The number of nitrogens with zero attached hydrogens (tertiary/aromatic N) is 2. The van der Waals surface area contributed by atoms with Gasteiger partial charge in [-0.3, -0.25) is 9.97 Å². The SMILES string of the molecule is C/C=C/c1cc(-c2cnccn2)cs1. The lowest BCUT2D eigenvalue weighted by atomic mass is 10.2. The van der Waals surface area contributed by atoms with Gasteiger partial charge in [0, 0.05) is 28.2 Å². The van der Waals surface area contributed by atoms with Crippen LogP contribution in [0.2, 0.25) is 0 Å². The van der Waals surface area contributed by atoms with Crippen molar-refractivity contribution in [3.63, 3.8) is 0 Å². The lowest BCUT2D eigenvalue weighted by Crippen LogP contribution is -1.80. The Hall–Kier alpha value is -1.48. The molecule has 0 aliphatic rings. The molecule has 0 radical (unpaired) electrons. The number of thiophene rings is 1. The van der Waals surface area contributed by atoms with Crippen molar-refractivity contribution in [2.75, 3.05) is 0 Å². The van der Waals surface area contributed by atoms with E-state index >= 15 is 0 Å². The van der Waals surface area contributed by atoms with Crippen molar-refractivity contribution in [3.8, 4) is 11.3 Å². The Morgan fingerprint density at radius 3 is 3.00 bits per heavy atom. The molecule has 0 aliphatic carbocycles. The second-order valence-electron chi connectivity index (χ2n) is 2.83. The van der Waals surface area contributed by atoms with Crippen LogP contribution >= 0.6 is 11.3 Å². The molecule has 2 aromatic rings. The number of hydrogen-bond donors (Lipinski definition) is 0. The van der Waals surface area contributed by atoms with Gasteiger partial charge in [-0.25, -0.2) is 0 Å². The third-order valence-electron chi connectivity index (χ3n) is 1.81. The predicted octanol–water partition coefficient (Wildman–Crippen LogP) is 3.24. The summed E-state index contributed by atoms with van der Waals surface area (Å²) in [6.07, 6.45) is 9.30. The Labute approximate surface area is 87.0 Å². The second kappa shape index (κ2) is 4.15. The first-order valence-corrected chi connectivity index (χ1v) is 5.26. The summed E-state index contributed by atoms with van der Waals surface area (Å²) in [5, 5.41) is 2.10. The molecule has 0 amide bonds. The van der Waals surface area contributed by atoms with E-state index in [9.17, 15) is 0 Å². The van der Waals surface area contributed by atoms with E-state index < -0.39 is 0 Å². The molecule has 0 saturated carbocycles. The van der Waals surface area contributed by atoms with Gasteiger partial charge < -0.3 is 0 Å². The molecule has 0 aromatic carbocycles. The maximum Gasteiger partial charge on any atom is 0.0893 e. The normalized spacial score (nSPS) is 10.9. The number of hydrogen-bond acceptors (Lipinski definition) is 3. The highest BCUT2D eigenvalue weighted by Crippen LogP contribution is 2.23. The minimum Gasteiger partial charge on any atom is -0.261 e. The van der Waals surface area contributed by atoms with Gasteiger partial charge in [0.2, 0.25) is 0 Å². The van der Waals surface area contributed by atoms with Gasteiger partial charge >= 0.3 is 0 Å². The summed E-state index contributed by atoms with van der Waals surface area (Å²) in [6.45, 7) is 2.02. The van der Waals surface area contributed by atoms with Crippen LogP contribution in [0.25, 0.3) is 17.3 Å². The fraction of sp³-hybridized carbons (Fsp3) is 0.0909. The van der Waals surface area contributed by atoms with Gasteiger partial charge in [-0.05, 0) is 19.1 Å². The quantitative estimate of drug-likeness (QED) is 0.747. The summed E-state index contributed by atoms with van der Waals surface area (Å²) in [4.78, 5) is 9.53. The molecule has 0 N–H and O–H groups in total. The Morgan fingerprint density at radius 1 is 1.36 bits per heavy atom. The van der Waals surface area contributed by atoms with Crippen LogP contribution in [-0.2, 0) is 0 Å². The van der Waals surface area contributed by atoms with Crippen molar-refractivity contribution in [3.05, 3.63) is 41.0 Å². The van der Waals surface area contributed by atoms with Gasteiger partial charge in [-0.1, -0.05) is 6.08 Å². The van der Waals surface area contributed by atoms with Gasteiger partial charge in [0.1, 0.15) is 0 Å². The van der Waals surface area contributed by atoms with E-state index in [4.69, 9.17) is 0 Å². The molecular formula is C11H10N2S. The van der Waals surface area contributed by atoms with Crippen molar-refractivity contribution in [2.45, 2.75) is 6.92 Å². The fourth-order valence-corrected chi connectivity index (χ4v) is 2.05. The van der Waals surface area contributed by atoms with E-state index in [1.165, 1.54) is 4.88 Å². The summed E-state index contributed by atoms with van der Waals surface area (Å²) in [5.74, 6) is 0. The third kappa shape index (κ3) is 1.88. The van der Waals surface area contributed by atoms with Crippen molar-refractivity contribution in [1.29, 1.82) is 0 Å². The lowest BCUT2D eigenvalue weighted by molar-refractivity contribution is 1.21. The standard InChI is InChI=1S/C11H10N2S/c1-2-3-10-6-9(8-14-10)11-7-12-4-5-13-11/h2-8H,1H3/b3-2+. The van der Waals surface area contributed by atoms with Gasteiger partial charge in [0.15, 0.2) is 0 Å². The average molecular weight is 202 g/mol. The van der Waals surface area contributed by atoms with E-state index in [1.54, 1.807) is 29.9 Å². The molecule has 2 aromatic heterocycles. The maximum atomic E-state index is 4.24. The molecule has 2 rings (SSSR count). The Morgan fingerprint density at radius 2 is 2.29 bits per heavy atom. The molecule has 0 bridgehead atoms. The highest BCUT2D eigenvalue weighted by atomic mass is 32.1. The monoisotopic (exact) mass is 202 g/mol. The molecule has 0 atom stereocenters. The predicted molar refractivity (Wildman–Crippen MR) is 60.1 cm³/mol. The second-order valence-corrected chi connectivity index (χ2v) is 3.77. The summed E-state index contributed by atoms with van der Waals surface area (Å²) >= 11 is 1.71. The van der Waals surface area contributed by atoms with Crippen LogP contribution in [0.5, 0.6) is 0 Å². The molecular weight excluding hydrogens is 192 g/mol. The molecule has 14 heavy (non-hydrogen) atoms. The van der Waals surface area contributed by atoms with Crippen LogP contribution in [0.4, 0.5) is 0 Å². The van der Waals surface area contributed by atoms with Crippen molar-refractivity contribution in [2.24, 2.45) is 0 Å². The Kier molecular flexibility index (Phi) is 2.70. The van der Waals surface area contributed by atoms with Crippen molar-refractivity contribution >= 4 is 17.4 Å². The minimum atomic E-state index is 0.930. The molecule has 3 heteroatoms. The van der Waals surface area contributed by atoms with Crippen LogP contribution in [0.1, 0.15) is 11.8 Å². The van der Waals surface area contributed by atoms with Gasteiger partial charge in [-0.2, -0.15) is 0 Å². The number of rotatable bonds is 2. The zero-order valence-electron chi connectivity index (χ0n) is 7.84. The van der Waals surface area contributed by atoms with Crippen molar-refractivity contribution < 1.29 is 0 Å². The molecule has 2 nitrogen and oxygen atoms in total. The highest BCUT2D eigenvalue weighted by Gasteiger charge is 2.00. The lowest BCUT2D eigenvalue weighted by Gasteiger charge is -1.92. The first-order valence-electron chi connectivity index (χ1n) is 4.38. The van der Waals surface area contributed by atoms with E-state index in [2.05, 4.69) is 27.5 Å². The first kappa shape index (κ1) is 9.09. The Balaban J connectivity index is 2.34. The molecule has 0 aliphatic heterocycles. The molecule has 0 spiro atoms. The smallest absolute Gasteiger partial charge is 0.0893 e. The minimum absolute atomic E-state index is 0.930. The van der Waals surface area contributed by atoms with Gasteiger partial charge in [-0.15, -0.1) is 11.3 Å². The largest absolute Gasteiger partial charge is 0.261 e. The van der Waals surface area contributed by atoms with Crippen LogP contribution in [-0.4, -0.2) is 9.97 Å². The van der Waals surface area contributed by atoms with Gasteiger partial charge in [0.05, 0.1) is 11.9 Å². The summed E-state index contributed by atoms with van der Waals surface area (Å²) in [6, 6.07) is 2.12. The maximum absolute atomic E-state index is 4.24. The van der Waals surface area contributed by atoms with E-state index in [0.717, 1.165) is 11.3 Å². The van der Waals surface area contributed by atoms with Gasteiger partial charge in [0.25, 0.3) is 0 Å². The molecule has 70 valence electrons. The van der Waals surface area contributed by atoms with E-state index in [-0.39, 0.29) is 0 Å². The number of allylic oxidation sites excluding steroid dienone is 1.